The summed E-state index contributed by atoms with van der Waals surface area (Å²) in [4.78, 5) is 14.4. The van der Waals surface area contributed by atoms with Gasteiger partial charge in [-0.15, -0.1) is 4.40 Å². The number of amides is 1. The molecule has 0 aromatic heterocycles. The number of hydrogen-bond donors (Lipinski definition) is 1. The van der Waals surface area contributed by atoms with Crippen molar-refractivity contribution < 1.29 is 22.0 Å². The number of carbonyl (C=O) groups excluding carboxylic acids is 1. The van der Waals surface area contributed by atoms with Gasteiger partial charge in [0.2, 0.25) is 5.91 Å². The minimum Gasteiger partial charge on any atom is -0.355 e. The molecule has 0 atom stereocenters. The average Bonchev–Trinajstić information content (AvgIpc) is 2.96. The lowest BCUT2D eigenvalue weighted by Gasteiger charge is -2.32. The van der Waals surface area contributed by atoms with Gasteiger partial charge in [0.15, 0.2) is 5.84 Å². The van der Waals surface area contributed by atoms with Crippen LogP contribution in [0.15, 0.2) is 51.8 Å². The molecule has 2 heterocycles. The van der Waals surface area contributed by atoms with Crippen molar-refractivity contribution in [1.29, 1.82) is 0 Å². The molecule has 2 aliphatic rings. The van der Waals surface area contributed by atoms with Crippen molar-refractivity contribution >= 4 is 27.5 Å². The average molecular weight is 405 g/mol. The molecule has 0 bridgehead atoms. The highest BCUT2D eigenvalue weighted by Crippen LogP contribution is 2.30. The zero-order chi connectivity index (χ0) is 19.9. The van der Waals surface area contributed by atoms with Crippen LogP contribution in [0, 0.1) is 17.6 Å². The fourth-order valence-electron chi connectivity index (χ4n) is 3.50. The Hall–Kier alpha value is -2.81. The van der Waals surface area contributed by atoms with E-state index in [9.17, 15) is 22.0 Å². The molecular weight excluding hydrogens is 388 g/mol. The van der Waals surface area contributed by atoms with E-state index in [1.165, 1.54) is 6.07 Å². The highest BCUT2D eigenvalue weighted by molar-refractivity contribution is 7.90. The van der Waals surface area contributed by atoms with Gasteiger partial charge < -0.3 is 10.2 Å². The van der Waals surface area contributed by atoms with E-state index in [4.69, 9.17) is 0 Å². The lowest BCUT2D eigenvalue weighted by atomic mass is 9.95. The third-order valence-corrected chi connectivity index (χ3v) is 6.29. The Labute approximate surface area is 160 Å². The van der Waals surface area contributed by atoms with Crippen LogP contribution < -0.4 is 5.32 Å². The topological polar surface area (TPSA) is 78.8 Å². The summed E-state index contributed by atoms with van der Waals surface area (Å²) in [5.74, 6) is -1.70. The van der Waals surface area contributed by atoms with E-state index in [1.807, 2.05) is 4.90 Å². The summed E-state index contributed by atoms with van der Waals surface area (Å²) in [5.41, 5.74) is 0.375. The number of nitrogens with one attached hydrogen (secondary N) is 1. The number of piperidine rings is 1. The maximum absolute atomic E-state index is 13.7. The van der Waals surface area contributed by atoms with Gasteiger partial charge in [-0.3, -0.25) is 4.79 Å². The first-order chi connectivity index (χ1) is 13.3. The highest BCUT2D eigenvalue weighted by Gasteiger charge is 2.34. The molecule has 4 rings (SSSR count). The number of fused-ring (bicyclic) bond motifs is 1. The van der Waals surface area contributed by atoms with Gasteiger partial charge in [0, 0.05) is 30.6 Å². The van der Waals surface area contributed by atoms with Crippen LogP contribution in [0.5, 0.6) is 0 Å². The number of carbonyl (C=O) groups is 1. The van der Waals surface area contributed by atoms with Crippen LogP contribution in [-0.2, 0) is 14.8 Å². The number of halogens is 2. The summed E-state index contributed by atoms with van der Waals surface area (Å²) in [6.45, 7) is 0.874. The number of benzene rings is 2. The quantitative estimate of drug-likeness (QED) is 0.833. The van der Waals surface area contributed by atoms with Gasteiger partial charge >= 0.3 is 0 Å². The van der Waals surface area contributed by atoms with E-state index in [-0.39, 0.29) is 22.4 Å². The van der Waals surface area contributed by atoms with Crippen molar-refractivity contribution in [3.8, 4) is 0 Å². The van der Waals surface area contributed by atoms with Crippen LogP contribution in [0.1, 0.15) is 18.4 Å². The summed E-state index contributed by atoms with van der Waals surface area (Å²) < 4.78 is 55.3. The van der Waals surface area contributed by atoms with Crippen molar-refractivity contribution in [2.45, 2.75) is 17.7 Å². The van der Waals surface area contributed by atoms with Crippen molar-refractivity contribution in [3.63, 3.8) is 0 Å². The molecule has 146 valence electrons. The molecule has 1 amide bonds. The number of hydrogen-bond acceptors (Lipinski definition) is 4. The van der Waals surface area contributed by atoms with Crippen LogP contribution in [0.4, 0.5) is 14.5 Å². The fourth-order valence-corrected chi connectivity index (χ4v) is 4.73. The maximum Gasteiger partial charge on any atom is 0.285 e. The maximum atomic E-state index is 13.7. The van der Waals surface area contributed by atoms with E-state index >= 15 is 0 Å². The Morgan fingerprint density at radius 3 is 2.57 bits per heavy atom. The van der Waals surface area contributed by atoms with Crippen molar-refractivity contribution in [1.82, 2.24) is 4.90 Å². The summed E-state index contributed by atoms with van der Waals surface area (Å²) in [5, 5.41) is 2.44. The molecule has 1 saturated heterocycles. The van der Waals surface area contributed by atoms with Gasteiger partial charge in [-0.05, 0) is 37.1 Å². The van der Waals surface area contributed by atoms with Gasteiger partial charge in [-0.2, -0.15) is 8.42 Å². The van der Waals surface area contributed by atoms with Crippen molar-refractivity contribution in [2.75, 3.05) is 18.4 Å². The molecule has 0 unspecified atom stereocenters. The highest BCUT2D eigenvalue weighted by atomic mass is 32.2. The minimum atomic E-state index is -3.69. The van der Waals surface area contributed by atoms with Crippen LogP contribution in [-0.4, -0.2) is 38.2 Å². The normalized spacial score (nSPS) is 18.5. The zero-order valence-electron chi connectivity index (χ0n) is 14.7. The van der Waals surface area contributed by atoms with Crippen molar-refractivity contribution in [2.24, 2.45) is 10.3 Å². The molecule has 0 spiro atoms. The molecule has 0 saturated carbocycles. The monoisotopic (exact) mass is 405 g/mol. The van der Waals surface area contributed by atoms with Gasteiger partial charge in [-0.1, -0.05) is 12.1 Å². The number of nitrogens with zero attached hydrogens (tertiary/aromatic N) is 2. The first kappa shape index (κ1) is 18.5. The minimum absolute atomic E-state index is 0.187. The summed E-state index contributed by atoms with van der Waals surface area (Å²) >= 11 is 0. The number of rotatable bonds is 2. The van der Waals surface area contributed by atoms with Gasteiger partial charge in [0.05, 0.1) is 5.69 Å². The molecule has 2 aliphatic heterocycles. The second-order valence-electron chi connectivity index (χ2n) is 6.76. The zero-order valence-corrected chi connectivity index (χ0v) is 15.5. The Kier molecular flexibility index (Phi) is 4.62. The van der Waals surface area contributed by atoms with Crippen LogP contribution in [0.25, 0.3) is 0 Å². The summed E-state index contributed by atoms with van der Waals surface area (Å²) in [6, 6.07) is 9.53. The first-order valence-corrected chi connectivity index (χ1v) is 10.2. The molecule has 2 aromatic carbocycles. The third-order valence-electron chi connectivity index (χ3n) is 4.96. The second kappa shape index (κ2) is 6.97. The fraction of sp³-hybridized carbons (Fsp3) is 0.263. The number of likely N-dealkylation sites (tertiary alicyclic amines) is 1. The van der Waals surface area contributed by atoms with E-state index in [2.05, 4.69) is 9.71 Å². The van der Waals surface area contributed by atoms with Gasteiger partial charge in [-0.25, -0.2) is 8.78 Å². The van der Waals surface area contributed by atoms with E-state index in [1.54, 1.807) is 18.2 Å². The molecule has 1 fully saturated rings. The standard InChI is InChI=1S/C19H17F2N3O3S/c20-13-5-6-15(21)16(11-13)22-19(25)12-7-9-24(10-8-12)18-14-3-1-2-4-17(14)28(26,27)23-18/h1-6,11-12H,7-10H2,(H,22,25). The van der Waals surface area contributed by atoms with Gasteiger partial charge in [0.25, 0.3) is 10.0 Å². The molecule has 0 radical (unpaired) electrons. The molecule has 28 heavy (non-hydrogen) atoms. The molecule has 2 aromatic rings. The van der Waals surface area contributed by atoms with Crippen LogP contribution >= 0.6 is 0 Å². The SMILES string of the molecule is O=C(Nc1cc(F)ccc1F)C1CCN(C2=NS(=O)(=O)c3ccccc32)CC1. The molecule has 6 nitrogen and oxygen atoms in total. The Morgan fingerprint density at radius 2 is 1.82 bits per heavy atom. The number of sulfonamides is 1. The Balaban J connectivity index is 1.44. The smallest absolute Gasteiger partial charge is 0.285 e. The summed E-state index contributed by atoms with van der Waals surface area (Å²) in [6.07, 6.45) is 0.897. The largest absolute Gasteiger partial charge is 0.355 e. The Bertz CT molecular complexity index is 1080. The Morgan fingerprint density at radius 1 is 1.11 bits per heavy atom. The molecule has 1 N–H and O–H groups in total. The predicted molar refractivity (Wildman–Crippen MR) is 99.4 cm³/mol. The molecule has 9 heteroatoms. The van der Waals surface area contributed by atoms with Crippen molar-refractivity contribution in [3.05, 3.63) is 59.7 Å². The lowest BCUT2D eigenvalue weighted by Crippen LogP contribution is -2.41. The predicted octanol–water partition coefficient (Wildman–Crippen LogP) is 2.76. The van der Waals surface area contributed by atoms with E-state index < -0.39 is 21.7 Å². The van der Waals surface area contributed by atoms with E-state index in [0.717, 1.165) is 18.2 Å². The second-order valence-corrected chi connectivity index (χ2v) is 8.33. The van der Waals surface area contributed by atoms with E-state index in [0.29, 0.717) is 37.3 Å². The number of anilines is 1. The summed E-state index contributed by atoms with van der Waals surface area (Å²) in [7, 11) is -3.69. The molecule has 0 aliphatic carbocycles. The third kappa shape index (κ3) is 3.37. The molecular formula is C19H17F2N3O3S. The van der Waals surface area contributed by atoms with Crippen LogP contribution in [0.3, 0.4) is 0 Å². The number of amidine groups is 1. The lowest BCUT2D eigenvalue weighted by molar-refractivity contribution is -0.121. The van der Waals surface area contributed by atoms with Gasteiger partial charge in [0.1, 0.15) is 16.5 Å². The van der Waals surface area contributed by atoms with Crippen LogP contribution in [0.2, 0.25) is 0 Å². The first-order valence-electron chi connectivity index (χ1n) is 8.80.